The Labute approximate surface area is 360 Å². The molecule has 0 bridgehead atoms. The number of fused-ring (bicyclic) bond motifs is 3. The minimum atomic E-state index is -4.86. The van der Waals surface area contributed by atoms with Crippen LogP contribution in [0.3, 0.4) is 0 Å². The van der Waals surface area contributed by atoms with E-state index in [1.165, 1.54) is 66.7 Å². The largest absolute Gasteiger partial charge is 0.321 e. The Morgan fingerprint density at radius 2 is 1.18 bits per heavy atom. The molecule has 0 saturated heterocycles. The topological polar surface area (TPSA) is 290 Å². The third-order valence-electron chi connectivity index (χ3n) is 8.35. The Hall–Kier alpha value is -5.29. The van der Waals surface area contributed by atoms with Gasteiger partial charge in [0.05, 0.1) is 57.9 Å². The van der Waals surface area contributed by atoms with Crippen LogP contribution in [0.5, 0.6) is 0 Å². The number of amides is 1. The normalized spacial score (nSPS) is 12.4. The van der Waals surface area contributed by atoms with Gasteiger partial charge in [0.25, 0.3) is 26.1 Å². The molecule has 26 heteroatoms. The van der Waals surface area contributed by atoms with E-state index in [9.17, 15) is 30.7 Å². The van der Waals surface area contributed by atoms with Gasteiger partial charge in [-0.3, -0.25) is 13.9 Å². The van der Waals surface area contributed by atoms with Crippen LogP contribution in [0.15, 0.2) is 137 Å². The van der Waals surface area contributed by atoms with Crippen molar-refractivity contribution in [2.45, 2.75) is 19.6 Å². The number of anilines is 1. The van der Waals surface area contributed by atoms with Crippen LogP contribution in [-0.2, 0) is 39.0 Å². The van der Waals surface area contributed by atoms with Crippen LogP contribution in [0.25, 0.3) is 32.6 Å². The molecule has 0 spiro atoms. The molecule has 61 heavy (non-hydrogen) atoms. The summed E-state index contributed by atoms with van der Waals surface area (Å²) < 4.78 is 78.5. The molecular formula is C35H21Cl2N7O13S4. The minimum absolute atomic E-state index is 0.00214. The maximum absolute atomic E-state index is 13.5. The number of benzene rings is 6. The summed E-state index contributed by atoms with van der Waals surface area (Å²) in [6, 6.07) is 22.4. The molecule has 0 unspecified atom stereocenters. The van der Waals surface area contributed by atoms with E-state index in [0.717, 1.165) is 12.1 Å². The summed E-state index contributed by atoms with van der Waals surface area (Å²) in [6.45, 7) is 0. The maximum atomic E-state index is 13.5. The summed E-state index contributed by atoms with van der Waals surface area (Å²) in [7, 11) is -9.64. The van der Waals surface area contributed by atoms with Crippen molar-refractivity contribution in [3.63, 3.8) is 0 Å². The van der Waals surface area contributed by atoms with Crippen molar-refractivity contribution in [3.8, 4) is 0 Å². The number of carbonyl (C=O) groups is 1. The van der Waals surface area contributed by atoms with Crippen LogP contribution < -0.4 is 5.32 Å². The van der Waals surface area contributed by atoms with Gasteiger partial charge in [0.2, 0.25) is 0 Å². The van der Waals surface area contributed by atoms with Crippen LogP contribution in [0.4, 0.5) is 28.4 Å². The molecule has 1 aromatic heterocycles. The van der Waals surface area contributed by atoms with E-state index in [2.05, 4.69) is 54.5 Å². The van der Waals surface area contributed by atoms with Crippen LogP contribution in [0.2, 0.25) is 10.3 Å². The number of hydrogen-bond donors (Lipinski definition) is 5. The molecule has 20 nitrogen and oxygen atoms in total. The van der Waals surface area contributed by atoms with Gasteiger partial charge in [0.1, 0.15) is 15.5 Å². The van der Waals surface area contributed by atoms with Crippen LogP contribution in [-0.4, -0.2) is 52.3 Å². The third-order valence-corrected chi connectivity index (χ3v) is 11.9. The number of azo groups is 2. The Kier molecular flexibility index (Phi) is 13.2. The number of nitrogens with one attached hydrogen (secondary N) is 1. The molecule has 0 aliphatic rings. The van der Waals surface area contributed by atoms with Gasteiger partial charge in [-0.2, -0.15) is 16.8 Å². The molecule has 1 amide bonds. The Balaban J connectivity index is 1.29. The molecule has 0 radical (unpaired) electrons. The predicted octanol–water partition coefficient (Wildman–Crippen LogP) is 10.7. The van der Waals surface area contributed by atoms with Gasteiger partial charge < -0.3 is 5.32 Å². The lowest BCUT2D eigenvalue weighted by Gasteiger charge is -2.13. The second-order valence-corrected chi connectivity index (χ2v) is 17.1. The van der Waals surface area contributed by atoms with Crippen molar-refractivity contribution in [2.75, 3.05) is 5.32 Å². The lowest BCUT2D eigenvalue weighted by Crippen LogP contribution is -2.13. The first-order valence-corrected chi connectivity index (χ1v) is 21.5. The first kappa shape index (κ1) is 43.8. The average Bonchev–Trinajstić information content (AvgIpc) is 3.23. The van der Waals surface area contributed by atoms with Gasteiger partial charge in [0, 0.05) is 36.9 Å². The molecule has 1 heterocycles. The SMILES string of the molecule is O=C(Nc1ccc(N=Nc2ccc(N=Nc3cc(SOOO)ccc3S(=O)(=O)O)c3cc(SOOO)ccc23)c2cccc(S(=O)(=O)O)c12)c1ccc2nc(Cl)c(Cl)nc2c1. The molecule has 7 aromatic rings. The number of hydrogen-bond acceptors (Lipinski definition) is 19. The summed E-state index contributed by atoms with van der Waals surface area (Å²) in [4.78, 5) is 21.2. The molecular weight excluding hydrogens is 926 g/mol. The van der Waals surface area contributed by atoms with E-state index in [-0.39, 0.29) is 65.5 Å². The smallest absolute Gasteiger partial charge is 0.296 e. The highest BCUT2D eigenvalue weighted by Crippen LogP contribution is 2.41. The standard InChI is InChI=1S/C35H21Cl2N7O13S4/c36-33-34(37)39-28-14-17(4-8-26(28)38-33)35(45)40-27-12-11-24(21-2-1-3-31(32(21)27)61(51,52)53)42-41-23-9-10-25(22-15-18(58-56-54-46)5-7-20(22)23)43-44-29-16-19(59-57-55-47)6-13-30(29)60(48,49)50/h1-16,46-47H,(H,40,45)(H,48,49,50)(H,51,52,53). The molecule has 312 valence electrons. The number of halogens is 2. The average molecular weight is 947 g/mol. The first-order chi connectivity index (χ1) is 29.1. The summed E-state index contributed by atoms with van der Waals surface area (Å²) in [6.07, 6.45) is 0. The highest BCUT2D eigenvalue weighted by Gasteiger charge is 2.21. The number of nitrogens with zero attached hydrogens (tertiary/aromatic N) is 6. The molecule has 0 aliphatic carbocycles. The van der Waals surface area contributed by atoms with Gasteiger partial charge in [-0.1, -0.05) is 51.5 Å². The minimum Gasteiger partial charge on any atom is -0.321 e. The maximum Gasteiger partial charge on any atom is 0.296 e. The van der Waals surface area contributed by atoms with Gasteiger partial charge in [-0.25, -0.2) is 20.5 Å². The zero-order valence-electron chi connectivity index (χ0n) is 29.8. The van der Waals surface area contributed by atoms with E-state index < -0.39 is 35.9 Å². The first-order valence-electron chi connectivity index (χ1n) is 16.4. The fourth-order valence-electron chi connectivity index (χ4n) is 5.80. The van der Waals surface area contributed by atoms with Gasteiger partial charge >= 0.3 is 0 Å². The summed E-state index contributed by atoms with van der Waals surface area (Å²) in [5.41, 5.74) is 0.938. The monoisotopic (exact) mass is 945 g/mol. The van der Waals surface area contributed by atoms with E-state index in [0.29, 0.717) is 45.3 Å². The third kappa shape index (κ3) is 9.93. The molecule has 0 atom stereocenters. The predicted molar refractivity (Wildman–Crippen MR) is 221 cm³/mol. The molecule has 0 fully saturated rings. The highest BCUT2D eigenvalue weighted by molar-refractivity contribution is 7.94. The lowest BCUT2D eigenvalue weighted by atomic mass is 10.1. The fraction of sp³-hybridized carbons (Fsp3) is 0. The van der Waals surface area contributed by atoms with Crippen molar-refractivity contribution < 1.29 is 60.0 Å². The van der Waals surface area contributed by atoms with Gasteiger partial charge in [0.15, 0.2) is 10.3 Å². The Morgan fingerprint density at radius 3 is 1.84 bits per heavy atom. The molecule has 6 aromatic carbocycles. The van der Waals surface area contributed by atoms with Crippen molar-refractivity contribution >= 4 is 134 Å². The summed E-state index contributed by atoms with van der Waals surface area (Å²) in [5.74, 6) is -0.668. The Bertz CT molecular complexity index is 3180. The van der Waals surface area contributed by atoms with Crippen LogP contribution in [0.1, 0.15) is 10.4 Å². The van der Waals surface area contributed by atoms with Gasteiger partial charge in [-0.15, -0.1) is 29.1 Å². The van der Waals surface area contributed by atoms with Crippen molar-refractivity contribution in [1.82, 2.24) is 9.97 Å². The molecule has 7 rings (SSSR count). The van der Waals surface area contributed by atoms with Crippen molar-refractivity contribution in [1.29, 1.82) is 0 Å². The van der Waals surface area contributed by atoms with Crippen molar-refractivity contribution in [2.24, 2.45) is 20.5 Å². The van der Waals surface area contributed by atoms with Crippen LogP contribution in [0, 0.1) is 0 Å². The molecule has 0 aliphatic heterocycles. The van der Waals surface area contributed by atoms with E-state index >= 15 is 0 Å². The van der Waals surface area contributed by atoms with Crippen molar-refractivity contribution in [3.05, 3.63) is 113 Å². The van der Waals surface area contributed by atoms with E-state index in [1.807, 2.05) is 0 Å². The van der Waals surface area contributed by atoms with Gasteiger partial charge in [-0.05, 0) is 78.9 Å². The zero-order chi connectivity index (χ0) is 43.5. The Morgan fingerprint density at radius 1 is 0.607 bits per heavy atom. The zero-order valence-corrected chi connectivity index (χ0v) is 34.6. The van der Waals surface area contributed by atoms with E-state index in [4.69, 9.17) is 33.7 Å². The molecule has 5 N–H and O–H groups in total. The second kappa shape index (κ2) is 18.4. The second-order valence-electron chi connectivity index (χ2n) is 12.0. The van der Waals surface area contributed by atoms with Crippen LogP contribution >= 0.6 is 47.3 Å². The fourth-order valence-corrected chi connectivity index (χ4v) is 8.19. The number of carbonyl (C=O) groups excluding carboxylic acids is 1. The molecule has 0 saturated carbocycles. The summed E-state index contributed by atoms with van der Waals surface area (Å²) >= 11 is 13.1. The lowest BCUT2D eigenvalue weighted by molar-refractivity contribution is -0.432. The quantitative estimate of drug-likeness (QED) is 0.0223. The number of rotatable bonds is 14. The number of aromatic nitrogens is 2. The highest BCUT2D eigenvalue weighted by atomic mass is 35.5. The summed E-state index contributed by atoms with van der Waals surface area (Å²) in [5, 5.41) is 45.0. The van der Waals surface area contributed by atoms with E-state index in [1.54, 1.807) is 18.2 Å².